The second-order valence-electron chi connectivity index (χ2n) is 6.27. The van der Waals surface area contributed by atoms with Crippen LogP contribution in [0.3, 0.4) is 0 Å². The summed E-state index contributed by atoms with van der Waals surface area (Å²) in [6.07, 6.45) is 1.27. The molecule has 0 bridgehead atoms. The van der Waals surface area contributed by atoms with Crippen molar-refractivity contribution in [1.29, 1.82) is 0 Å². The van der Waals surface area contributed by atoms with E-state index in [2.05, 4.69) is 43.2 Å². The van der Waals surface area contributed by atoms with E-state index in [1.165, 1.54) is 26.1 Å². The normalized spacial score (nSPS) is 18.9. The van der Waals surface area contributed by atoms with Crippen LogP contribution in [0.5, 0.6) is 0 Å². The summed E-state index contributed by atoms with van der Waals surface area (Å²) in [4.78, 5) is 2.56. The van der Waals surface area contributed by atoms with Crippen LogP contribution in [0.25, 0.3) is 0 Å². The maximum Gasteiger partial charge on any atom is 0.0107 e. The third kappa shape index (κ3) is 5.84. The molecule has 0 radical (unpaired) electrons. The number of nitrogens with zero attached hydrogens (tertiary/aromatic N) is 1. The van der Waals surface area contributed by atoms with E-state index in [9.17, 15) is 0 Å². The number of piperazine rings is 1. The van der Waals surface area contributed by atoms with Crippen molar-refractivity contribution in [2.24, 2.45) is 11.3 Å². The summed E-state index contributed by atoms with van der Waals surface area (Å²) < 4.78 is 0. The van der Waals surface area contributed by atoms with Gasteiger partial charge in [0.15, 0.2) is 0 Å². The molecule has 0 aromatic carbocycles. The molecule has 1 heterocycles. The molecular weight excluding hydrogens is 210 g/mol. The van der Waals surface area contributed by atoms with E-state index in [0.717, 1.165) is 32.1 Å². The Morgan fingerprint density at radius 1 is 1.24 bits per heavy atom. The third-order valence-corrected chi connectivity index (χ3v) is 4.18. The Morgan fingerprint density at radius 2 is 1.88 bits per heavy atom. The smallest absolute Gasteiger partial charge is 0.0107 e. The molecule has 0 amide bonds. The van der Waals surface area contributed by atoms with Crippen molar-refractivity contribution in [1.82, 2.24) is 15.5 Å². The van der Waals surface area contributed by atoms with E-state index in [0.29, 0.717) is 5.41 Å². The summed E-state index contributed by atoms with van der Waals surface area (Å²) in [6, 6.07) is 0. The molecule has 1 fully saturated rings. The van der Waals surface area contributed by atoms with Crippen molar-refractivity contribution >= 4 is 0 Å². The van der Waals surface area contributed by atoms with Gasteiger partial charge in [0.1, 0.15) is 0 Å². The molecule has 0 aromatic heterocycles. The summed E-state index contributed by atoms with van der Waals surface area (Å²) in [6.45, 7) is 17.6. The second kappa shape index (κ2) is 7.34. The fraction of sp³-hybridized carbons (Fsp3) is 1.00. The molecule has 1 aliphatic heterocycles. The Hall–Kier alpha value is -0.120. The van der Waals surface area contributed by atoms with E-state index in [1.54, 1.807) is 0 Å². The van der Waals surface area contributed by atoms with Crippen LogP contribution in [0.4, 0.5) is 0 Å². The highest BCUT2D eigenvalue weighted by Crippen LogP contribution is 2.24. The number of hydrogen-bond acceptors (Lipinski definition) is 3. The first kappa shape index (κ1) is 14.9. The van der Waals surface area contributed by atoms with Gasteiger partial charge in [-0.1, -0.05) is 27.7 Å². The van der Waals surface area contributed by atoms with Gasteiger partial charge in [-0.05, 0) is 30.8 Å². The highest BCUT2D eigenvalue weighted by molar-refractivity contribution is 4.75. The number of nitrogens with one attached hydrogen (secondary N) is 2. The average Bonchev–Trinajstić information content (AvgIpc) is 2.29. The number of hydrogen-bond donors (Lipinski definition) is 2. The second-order valence-corrected chi connectivity index (χ2v) is 6.27. The molecular formula is C14H31N3. The molecule has 0 unspecified atom stereocenters. The topological polar surface area (TPSA) is 27.3 Å². The molecule has 1 rings (SSSR count). The number of rotatable bonds is 7. The lowest BCUT2D eigenvalue weighted by atomic mass is 9.81. The largest absolute Gasteiger partial charge is 0.316 e. The van der Waals surface area contributed by atoms with E-state index < -0.39 is 0 Å². The molecule has 0 saturated carbocycles. The molecule has 1 aliphatic rings. The zero-order valence-corrected chi connectivity index (χ0v) is 12.2. The maximum absolute atomic E-state index is 3.60. The summed E-state index contributed by atoms with van der Waals surface area (Å²) in [7, 11) is 0. The first-order valence-corrected chi connectivity index (χ1v) is 7.16. The first-order valence-electron chi connectivity index (χ1n) is 7.16. The summed E-state index contributed by atoms with van der Waals surface area (Å²) >= 11 is 0. The lowest BCUT2D eigenvalue weighted by Crippen LogP contribution is -2.44. The lowest BCUT2D eigenvalue weighted by molar-refractivity contribution is 0.223. The van der Waals surface area contributed by atoms with Crippen molar-refractivity contribution in [3.63, 3.8) is 0 Å². The Bertz CT molecular complexity index is 196. The van der Waals surface area contributed by atoms with E-state index >= 15 is 0 Å². The standard InChI is InChI=1S/C14H31N3/c1-13(2)14(3,4)12-16-6-5-9-17-10-7-15-8-11-17/h13,15-16H,5-12H2,1-4H3. The van der Waals surface area contributed by atoms with E-state index in [1.807, 2.05) is 0 Å². The molecule has 1 saturated heterocycles. The molecule has 2 N–H and O–H groups in total. The van der Waals surface area contributed by atoms with Crippen molar-refractivity contribution in [2.45, 2.75) is 34.1 Å². The minimum absolute atomic E-state index is 0.412. The summed E-state index contributed by atoms with van der Waals surface area (Å²) in [5.41, 5.74) is 0.412. The van der Waals surface area contributed by atoms with Gasteiger partial charge in [-0.3, -0.25) is 0 Å². The van der Waals surface area contributed by atoms with Gasteiger partial charge in [0.25, 0.3) is 0 Å². The first-order chi connectivity index (χ1) is 8.02. The van der Waals surface area contributed by atoms with Crippen molar-refractivity contribution in [3.05, 3.63) is 0 Å². The van der Waals surface area contributed by atoms with Crippen LogP contribution in [-0.4, -0.2) is 50.7 Å². The van der Waals surface area contributed by atoms with Crippen molar-refractivity contribution in [2.75, 3.05) is 45.8 Å². The zero-order valence-electron chi connectivity index (χ0n) is 12.2. The van der Waals surface area contributed by atoms with E-state index in [4.69, 9.17) is 0 Å². The molecule has 102 valence electrons. The van der Waals surface area contributed by atoms with Gasteiger partial charge in [-0.15, -0.1) is 0 Å². The monoisotopic (exact) mass is 241 g/mol. The fourth-order valence-electron chi connectivity index (χ4n) is 1.98. The highest BCUT2D eigenvalue weighted by atomic mass is 15.2. The predicted octanol–water partition coefficient (Wildman–Crippen LogP) is 1.55. The van der Waals surface area contributed by atoms with Crippen LogP contribution in [0.15, 0.2) is 0 Å². The Labute approximate surface area is 107 Å². The Kier molecular flexibility index (Phi) is 6.45. The fourth-order valence-corrected chi connectivity index (χ4v) is 1.98. The van der Waals surface area contributed by atoms with Crippen LogP contribution < -0.4 is 10.6 Å². The molecule has 0 aliphatic carbocycles. The van der Waals surface area contributed by atoms with Gasteiger partial charge in [-0.25, -0.2) is 0 Å². The quantitative estimate of drug-likeness (QED) is 0.662. The van der Waals surface area contributed by atoms with Crippen LogP contribution in [0.2, 0.25) is 0 Å². The minimum Gasteiger partial charge on any atom is -0.316 e. The average molecular weight is 241 g/mol. The zero-order chi connectivity index (χ0) is 12.7. The van der Waals surface area contributed by atoms with Crippen molar-refractivity contribution < 1.29 is 0 Å². The molecule has 0 spiro atoms. The molecule has 0 atom stereocenters. The summed E-state index contributed by atoms with van der Waals surface area (Å²) in [5.74, 6) is 0.739. The molecule has 17 heavy (non-hydrogen) atoms. The van der Waals surface area contributed by atoms with Crippen molar-refractivity contribution in [3.8, 4) is 0 Å². The summed E-state index contributed by atoms with van der Waals surface area (Å²) in [5, 5.41) is 7.00. The molecule has 3 nitrogen and oxygen atoms in total. The minimum atomic E-state index is 0.412. The molecule has 0 aromatic rings. The van der Waals surface area contributed by atoms with Gasteiger partial charge in [-0.2, -0.15) is 0 Å². The maximum atomic E-state index is 3.60. The van der Waals surface area contributed by atoms with Crippen LogP contribution >= 0.6 is 0 Å². The van der Waals surface area contributed by atoms with Crippen LogP contribution in [-0.2, 0) is 0 Å². The Morgan fingerprint density at radius 3 is 2.47 bits per heavy atom. The van der Waals surface area contributed by atoms with Gasteiger partial charge in [0, 0.05) is 32.7 Å². The van der Waals surface area contributed by atoms with Gasteiger partial charge in [0.05, 0.1) is 0 Å². The van der Waals surface area contributed by atoms with Gasteiger partial charge in [0.2, 0.25) is 0 Å². The van der Waals surface area contributed by atoms with Gasteiger partial charge >= 0.3 is 0 Å². The SMILES string of the molecule is CC(C)C(C)(C)CNCCCN1CCNCC1. The predicted molar refractivity (Wildman–Crippen MR) is 75.4 cm³/mol. The highest BCUT2D eigenvalue weighted by Gasteiger charge is 2.21. The lowest BCUT2D eigenvalue weighted by Gasteiger charge is -2.30. The third-order valence-electron chi connectivity index (χ3n) is 4.18. The van der Waals surface area contributed by atoms with Gasteiger partial charge < -0.3 is 15.5 Å². The van der Waals surface area contributed by atoms with Crippen LogP contribution in [0, 0.1) is 11.3 Å². The van der Waals surface area contributed by atoms with Crippen LogP contribution in [0.1, 0.15) is 34.1 Å². The Balaban J connectivity index is 2.00. The van der Waals surface area contributed by atoms with E-state index in [-0.39, 0.29) is 0 Å². The molecule has 3 heteroatoms.